The van der Waals surface area contributed by atoms with Gasteiger partial charge < -0.3 is 9.64 Å². The summed E-state index contributed by atoms with van der Waals surface area (Å²) in [6, 6.07) is 3.29. The van der Waals surface area contributed by atoms with Gasteiger partial charge in [0.05, 0.1) is 6.61 Å². The second-order valence-corrected chi connectivity index (χ2v) is 3.29. The molecule has 0 aliphatic carbocycles. The highest BCUT2D eigenvalue weighted by Crippen LogP contribution is 2.15. The summed E-state index contributed by atoms with van der Waals surface area (Å²) in [6.07, 6.45) is 2.49. The lowest BCUT2D eigenvalue weighted by atomic mass is 10.3. The van der Waals surface area contributed by atoms with Crippen molar-refractivity contribution in [1.29, 1.82) is 0 Å². The first-order chi connectivity index (χ1) is 6.86. The molecule has 2 heterocycles. The zero-order chi connectivity index (χ0) is 9.80. The monoisotopic (exact) mass is 196 g/mol. The number of hydrogen-bond acceptors (Lipinski definition) is 3. The molecule has 4 heteroatoms. The maximum Gasteiger partial charge on any atom is 0.214 e. The number of anilines is 1. The molecule has 0 N–H and O–H groups in total. The summed E-state index contributed by atoms with van der Waals surface area (Å²) < 4.78 is 18.2. The molecule has 0 radical (unpaired) electrons. The average Bonchev–Trinajstić information content (AvgIpc) is 2.45. The van der Waals surface area contributed by atoms with Crippen LogP contribution in [0.25, 0.3) is 0 Å². The lowest BCUT2D eigenvalue weighted by molar-refractivity contribution is 0.152. The Bertz CT molecular complexity index is 298. The minimum absolute atomic E-state index is 0.423. The van der Waals surface area contributed by atoms with Gasteiger partial charge in [0.15, 0.2) is 0 Å². The summed E-state index contributed by atoms with van der Waals surface area (Å²) in [4.78, 5) is 5.66. The van der Waals surface area contributed by atoms with E-state index in [9.17, 15) is 4.39 Å². The van der Waals surface area contributed by atoms with Crippen molar-refractivity contribution in [3.63, 3.8) is 0 Å². The van der Waals surface area contributed by atoms with Crippen LogP contribution in [-0.4, -0.2) is 31.3 Å². The van der Waals surface area contributed by atoms with E-state index in [0.29, 0.717) is 6.61 Å². The highest BCUT2D eigenvalue weighted by molar-refractivity contribution is 5.44. The Balaban J connectivity index is 2.12. The molecule has 3 nitrogen and oxygen atoms in total. The molecule has 1 aliphatic heterocycles. The second-order valence-electron chi connectivity index (χ2n) is 3.29. The lowest BCUT2D eigenvalue weighted by Crippen LogP contribution is -2.25. The second kappa shape index (κ2) is 4.37. The summed E-state index contributed by atoms with van der Waals surface area (Å²) in [6.45, 7) is 3.25. The topological polar surface area (TPSA) is 25.4 Å². The van der Waals surface area contributed by atoms with Crippen molar-refractivity contribution in [1.82, 2.24) is 4.98 Å². The molecule has 14 heavy (non-hydrogen) atoms. The van der Waals surface area contributed by atoms with Crippen LogP contribution < -0.4 is 4.90 Å². The smallest absolute Gasteiger partial charge is 0.214 e. The molecule has 0 saturated carbocycles. The van der Waals surface area contributed by atoms with Gasteiger partial charge in [0.2, 0.25) is 5.95 Å². The number of pyridine rings is 1. The summed E-state index contributed by atoms with van der Waals surface area (Å²) in [5.74, 6) is -0.423. The first kappa shape index (κ1) is 9.40. The van der Waals surface area contributed by atoms with Crippen molar-refractivity contribution in [2.24, 2.45) is 0 Å². The van der Waals surface area contributed by atoms with Gasteiger partial charge in [-0.25, -0.2) is 4.98 Å². The molecule has 0 amide bonds. The van der Waals surface area contributed by atoms with Gasteiger partial charge in [-0.3, -0.25) is 0 Å². The highest BCUT2D eigenvalue weighted by Gasteiger charge is 2.10. The predicted octanol–water partition coefficient (Wildman–Crippen LogP) is 1.45. The van der Waals surface area contributed by atoms with E-state index in [2.05, 4.69) is 9.88 Å². The Morgan fingerprint density at radius 1 is 1.36 bits per heavy atom. The van der Waals surface area contributed by atoms with Crippen molar-refractivity contribution in [3.05, 3.63) is 24.3 Å². The molecule has 1 saturated heterocycles. The Kier molecular flexibility index (Phi) is 2.93. The Morgan fingerprint density at radius 3 is 3.14 bits per heavy atom. The number of aromatic nitrogens is 1. The Morgan fingerprint density at radius 2 is 2.29 bits per heavy atom. The van der Waals surface area contributed by atoms with E-state index < -0.39 is 5.95 Å². The van der Waals surface area contributed by atoms with Crippen LogP contribution in [-0.2, 0) is 4.74 Å². The molecule has 1 aromatic heterocycles. The van der Waals surface area contributed by atoms with Crippen molar-refractivity contribution >= 4 is 5.69 Å². The molecule has 0 unspecified atom stereocenters. The third-order valence-electron chi connectivity index (χ3n) is 2.30. The minimum atomic E-state index is -0.423. The van der Waals surface area contributed by atoms with Gasteiger partial charge >= 0.3 is 0 Å². The number of rotatable bonds is 1. The molecule has 1 aliphatic rings. The van der Waals surface area contributed by atoms with Crippen LogP contribution in [0.3, 0.4) is 0 Å². The van der Waals surface area contributed by atoms with Gasteiger partial charge in [-0.05, 0) is 12.5 Å². The van der Waals surface area contributed by atoms with E-state index in [0.717, 1.165) is 31.8 Å². The fraction of sp³-hybridized carbons (Fsp3) is 0.500. The normalized spacial score (nSPS) is 17.9. The number of nitrogens with zero attached hydrogens (tertiary/aromatic N) is 2. The standard InChI is InChI=1S/C10H13FN2O/c11-10-8-9(2-3-12-10)13-4-1-6-14-7-5-13/h2-3,8H,1,4-7H2. The minimum Gasteiger partial charge on any atom is -0.380 e. The summed E-state index contributed by atoms with van der Waals surface area (Å²) in [7, 11) is 0. The van der Waals surface area contributed by atoms with Crippen LogP contribution in [0.5, 0.6) is 0 Å². The van der Waals surface area contributed by atoms with Crippen molar-refractivity contribution in [2.75, 3.05) is 31.2 Å². The van der Waals surface area contributed by atoms with Crippen LogP contribution in [0.4, 0.5) is 10.1 Å². The van der Waals surface area contributed by atoms with Crippen molar-refractivity contribution < 1.29 is 9.13 Å². The van der Waals surface area contributed by atoms with Crippen LogP contribution in [0.2, 0.25) is 0 Å². The van der Waals surface area contributed by atoms with E-state index >= 15 is 0 Å². The van der Waals surface area contributed by atoms with E-state index in [4.69, 9.17) is 4.74 Å². The molecular formula is C10H13FN2O. The number of hydrogen-bond donors (Lipinski definition) is 0. The van der Waals surface area contributed by atoms with Crippen LogP contribution >= 0.6 is 0 Å². The van der Waals surface area contributed by atoms with Crippen molar-refractivity contribution in [3.8, 4) is 0 Å². The Labute approximate surface area is 82.5 Å². The van der Waals surface area contributed by atoms with Crippen molar-refractivity contribution in [2.45, 2.75) is 6.42 Å². The summed E-state index contributed by atoms with van der Waals surface area (Å²) >= 11 is 0. The fourth-order valence-corrected chi connectivity index (χ4v) is 1.59. The maximum absolute atomic E-state index is 12.9. The van der Waals surface area contributed by atoms with Gasteiger partial charge in [-0.1, -0.05) is 0 Å². The molecular weight excluding hydrogens is 183 g/mol. The predicted molar refractivity (Wildman–Crippen MR) is 51.8 cm³/mol. The Hall–Kier alpha value is -1.16. The van der Waals surface area contributed by atoms with E-state index in [1.54, 1.807) is 0 Å². The summed E-state index contributed by atoms with van der Waals surface area (Å²) in [5.41, 5.74) is 0.892. The van der Waals surface area contributed by atoms with Gasteiger partial charge in [-0.2, -0.15) is 4.39 Å². The molecule has 1 aromatic rings. The third kappa shape index (κ3) is 2.20. The van der Waals surface area contributed by atoms with E-state index in [1.165, 1.54) is 12.3 Å². The largest absolute Gasteiger partial charge is 0.380 e. The van der Waals surface area contributed by atoms with Gasteiger partial charge in [0.25, 0.3) is 0 Å². The van der Waals surface area contributed by atoms with Gasteiger partial charge in [0, 0.05) is 37.6 Å². The van der Waals surface area contributed by atoms with Gasteiger partial charge in [-0.15, -0.1) is 0 Å². The molecule has 0 bridgehead atoms. The number of halogens is 1. The summed E-state index contributed by atoms with van der Waals surface area (Å²) in [5, 5.41) is 0. The molecule has 2 rings (SSSR count). The molecule has 1 fully saturated rings. The van der Waals surface area contributed by atoms with Crippen LogP contribution in [0.1, 0.15) is 6.42 Å². The highest BCUT2D eigenvalue weighted by atomic mass is 19.1. The van der Waals surface area contributed by atoms with Gasteiger partial charge in [0.1, 0.15) is 0 Å². The SMILES string of the molecule is Fc1cc(N2CCCOCC2)ccn1. The third-order valence-corrected chi connectivity index (χ3v) is 2.30. The average molecular weight is 196 g/mol. The molecule has 0 atom stereocenters. The number of ether oxygens (including phenoxy) is 1. The lowest BCUT2D eigenvalue weighted by Gasteiger charge is -2.21. The van der Waals surface area contributed by atoms with Crippen LogP contribution in [0.15, 0.2) is 18.3 Å². The first-order valence-corrected chi connectivity index (χ1v) is 4.80. The van der Waals surface area contributed by atoms with E-state index in [-0.39, 0.29) is 0 Å². The molecule has 76 valence electrons. The van der Waals surface area contributed by atoms with E-state index in [1.807, 2.05) is 6.07 Å². The van der Waals surface area contributed by atoms with Crippen LogP contribution in [0, 0.1) is 5.95 Å². The molecule has 0 aromatic carbocycles. The zero-order valence-corrected chi connectivity index (χ0v) is 7.95. The quantitative estimate of drug-likeness (QED) is 0.636. The molecule has 0 spiro atoms. The maximum atomic E-state index is 12.9. The first-order valence-electron chi connectivity index (χ1n) is 4.80. The fourth-order valence-electron chi connectivity index (χ4n) is 1.59. The zero-order valence-electron chi connectivity index (χ0n) is 7.95.